The number of amides is 2. The normalized spacial score (nSPS) is 17.9. The number of hydrogen-bond acceptors (Lipinski definition) is 4. The molecule has 1 aromatic heterocycles. The van der Waals surface area contributed by atoms with Crippen molar-refractivity contribution < 1.29 is 14.7 Å². The van der Waals surface area contributed by atoms with Gasteiger partial charge in [0.15, 0.2) is 0 Å². The number of nitrogens with zero attached hydrogens (tertiary/aromatic N) is 3. The summed E-state index contributed by atoms with van der Waals surface area (Å²) in [5.74, 6) is -0.469. The molecule has 2 heterocycles. The Bertz CT molecular complexity index is 547. The average Bonchev–Trinajstić information content (AvgIpc) is 2.53. The van der Waals surface area contributed by atoms with E-state index >= 15 is 0 Å². The third-order valence-electron chi connectivity index (χ3n) is 3.73. The fraction of sp³-hybridized carbons (Fsp3) is 0.533. The Morgan fingerprint density at radius 1 is 1.45 bits per heavy atom. The van der Waals surface area contributed by atoms with Crippen LogP contribution in [0.4, 0.5) is 10.6 Å². The van der Waals surface area contributed by atoms with Gasteiger partial charge in [0.1, 0.15) is 5.82 Å². The molecule has 1 atom stereocenters. The Morgan fingerprint density at radius 3 is 2.91 bits per heavy atom. The van der Waals surface area contributed by atoms with E-state index in [1.54, 1.807) is 4.90 Å². The summed E-state index contributed by atoms with van der Waals surface area (Å²) >= 11 is 0. The molecule has 1 unspecified atom stereocenters. The number of rotatable bonds is 4. The van der Waals surface area contributed by atoms with E-state index in [9.17, 15) is 9.59 Å². The quantitative estimate of drug-likeness (QED) is 0.871. The monoisotopic (exact) mass is 306 g/mol. The van der Waals surface area contributed by atoms with Crippen LogP contribution in [-0.4, -0.2) is 54.2 Å². The van der Waals surface area contributed by atoms with Crippen molar-refractivity contribution in [2.75, 3.05) is 32.1 Å². The number of carboxylic acids is 1. The molecule has 1 aromatic rings. The number of anilines is 1. The number of hydrogen-bond donors (Lipinski definition) is 2. The molecule has 0 radical (unpaired) electrons. The molecule has 7 nitrogen and oxygen atoms in total. The first-order valence-corrected chi connectivity index (χ1v) is 7.36. The van der Waals surface area contributed by atoms with Gasteiger partial charge >= 0.3 is 12.0 Å². The molecule has 1 saturated heterocycles. The van der Waals surface area contributed by atoms with Crippen molar-refractivity contribution in [3.05, 3.63) is 23.9 Å². The molecule has 22 heavy (non-hydrogen) atoms. The molecule has 0 spiro atoms. The number of aliphatic carboxylic acids is 1. The summed E-state index contributed by atoms with van der Waals surface area (Å²) < 4.78 is 0. The second-order valence-corrected chi connectivity index (χ2v) is 5.66. The number of likely N-dealkylation sites (tertiary alicyclic amines) is 1. The van der Waals surface area contributed by atoms with Gasteiger partial charge in [-0.05, 0) is 25.0 Å². The first kappa shape index (κ1) is 16.1. The number of carboxylic acid groups (broad SMARTS) is 1. The summed E-state index contributed by atoms with van der Waals surface area (Å²) in [5.41, 5.74) is 0.770. The largest absolute Gasteiger partial charge is 0.481 e. The predicted octanol–water partition coefficient (Wildman–Crippen LogP) is 1.15. The summed E-state index contributed by atoms with van der Waals surface area (Å²) in [4.78, 5) is 31.1. The Balaban J connectivity index is 1.89. The predicted molar refractivity (Wildman–Crippen MR) is 82.7 cm³/mol. The van der Waals surface area contributed by atoms with E-state index in [1.165, 1.54) is 0 Å². The average molecular weight is 306 g/mol. The van der Waals surface area contributed by atoms with Gasteiger partial charge in [-0.1, -0.05) is 6.07 Å². The van der Waals surface area contributed by atoms with Gasteiger partial charge in [-0.3, -0.25) is 4.79 Å². The summed E-state index contributed by atoms with van der Waals surface area (Å²) in [5, 5.41) is 11.9. The van der Waals surface area contributed by atoms with Crippen molar-refractivity contribution in [2.24, 2.45) is 5.92 Å². The molecule has 120 valence electrons. The highest BCUT2D eigenvalue weighted by atomic mass is 16.4. The molecule has 1 aliphatic rings. The number of carbonyl (C=O) groups is 2. The van der Waals surface area contributed by atoms with Crippen LogP contribution in [0, 0.1) is 5.92 Å². The lowest BCUT2D eigenvalue weighted by Gasteiger charge is -2.30. The summed E-state index contributed by atoms with van der Waals surface area (Å²) in [6, 6.07) is 5.41. The van der Waals surface area contributed by atoms with E-state index in [4.69, 9.17) is 5.11 Å². The van der Waals surface area contributed by atoms with Crippen molar-refractivity contribution in [1.29, 1.82) is 0 Å². The van der Waals surface area contributed by atoms with E-state index in [1.807, 2.05) is 37.2 Å². The standard InChI is InChI=1S/C15H22N4O3/c1-18(2)13-7-3-6-12(17-13)9-16-15(22)19-8-4-5-11(10-19)14(20)21/h3,6-7,11H,4-5,8-10H2,1-2H3,(H,16,22)(H,20,21). The maximum Gasteiger partial charge on any atom is 0.317 e. The third-order valence-corrected chi connectivity index (χ3v) is 3.73. The van der Waals surface area contributed by atoms with E-state index in [0.717, 1.165) is 17.9 Å². The van der Waals surface area contributed by atoms with Crippen LogP contribution < -0.4 is 10.2 Å². The summed E-state index contributed by atoms with van der Waals surface area (Å²) in [6.45, 7) is 1.20. The van der Waals surface area contributed by atoms with Crippen molar-refractivity contribution in [3.63, 3.8) is 0 Å². The third kappa shape index (κ3) is 4.09. The fourth-order valence-electron chi connectivity index (χ4n) is 2.46. The second kappa shape index (κ2) is 7.11. The molecule has 0 aliphatic carbocycles. The zero-order valence-electron chi connectivity index (χ0n) is 13.0. The molecule has 0 aromatic carbocycles. The van der Waals surface area contributed by atoms with Crippen LogP contribution in [0.1, 0.15) is 18.5 Å². The van der Waals surface area contributed by atoms with E-state index in [2.05, 4.69) is 10.3 Å². The van der Waals surface area contributed by atoms with Crippen LogP contribution >= 0.6 is 0 Å². The topological polar surface area (TPSA) is 85.8 Å². The van der Waals surface area contributed by atoms with Gasteiger partial charge in [-0.15, -0.1) is 0 Å². The van der Waals surface area contributed by atoms with Gasteiger partial charge < -0.3 is 20.2 Å². The zero-order valence-corrected chi connectivity index (χ0v) is 13.0. The molecule has 0 saturated carbocycles. The lowest BCUT2D eigenvalue weighted by Crippen LogP contribution is -2.46. The smallest absolute Gasteiger partial charge is 0.317 e. The lowest BCUT2D eigenvalue weighted by atomic mass is 9.99. The van der Waals surface area contributed by atoms with Crippen molar-refractivity contribution >= 4 is 17.8 Å². The van der Waals surface area contributed by atoms with Gasteiger partial charge in [0.25, 0.3) is 0 Å². The second-order valence-electron chi connectivity index (χ2n) is 5.66. The first-order chi connectivity index (χ1) is 10.5. The maximum atomic E-state index is 12.1. The van der Waals surface area contributed by atoms with Crippen LogP contribution in [0.5, 0.6) is 0 Å². The number of carbonyl (C=O) groups excluding carboxylic acids is 1. The van der Waals surface area contributed by atoms with E-state index in [-0.39, 0.29) is 12.6 Å². The van der Waals surface area contributed by atoms with Crippen molar-refractivity contribution in [1.82, 2.24) is 15.2 Å². The molecule has 1 fully saturated rings. The van der Waals surface area contributed by atoms with Crippen LogP contribution in [0.25, 0.3) is 0 Å². The van der Waals surface area contributed by atoms with Gasteiger partial charge in [-0.25, -0.2) is 9.78 Å². The minimum Gasteiger partial charge on any atom is -0.481 e. The highest BCUT2D eigenvalue weighted by Gasteiger charge is 2.27. The highest BCUT2D eigenvalue weighted by Crippen LogP contribution is 2.16. The lowest BCUT2D eigenvalue weighted by molar-refractivity contribution is -0.143. The Hall–Kier alpha value is -2.31. The maximum absolute atomic E-state index is 12.1. The van der Waals surface area contributed by atoms with Crippen LogP contribution in [0.15, 0.2) is 18.2 Å². The Morgan fingerprint density at radius 2 is 2.23 bits per heavy atom. The van der Waals surface area contributed by atoms with Crippen molar-refractivity contribution in [2.45, 2.75) is 19.4 Å². The number of piperidine rings is 1. The zero-order chi connectivity index (χ0) is 16.1. The van der Waals surface area contributed by atoms with Gasteiger partial charge in [0.2, 0.25) is 0 Å². The SMILES string of the molecule is CN(C)c1cccc(CNC(=O)N2CCCC(C(=O)O)C2)n1. The van der Waals surface area contributed by atoms with Crippen LogP contribution in [-0.2, 0) is 11.3 Å². The number of aromatic nitrogens is 1. The van der Waals surface area contributed by atoms with Crippen LogP contribution in [0.2, 0.25) is 0 Å². The molecular weight excluding hydrogens is 284 g/mol. The molecule has 2 rings (SSSR count). The summed E-state index contributed by atoms with van der Waals surface area (Å²) in [6.07, 6.45) is 1.35. The Labute approximate surface area is 129 Å². The number of nitrogens with one attached hydrogen (secondary N) is 1. The number of pyridine rings is 1. The highest BCUT2D eigenvalue weighted by molar-refractivity contribution is 5.76. The molecule has 1 aliphatic heterocycles. The Kier molecular flexibility index (Phi) is 5.19. The number of urea groups is 1. The van der Waals surface area contributed by atoms with Crippen LogP contribution in [0.3, 0.4) is 0 Å². The molecule has 7 heteroatoms. The minimum atomic E-state index is -0.835. The first-order valence-electron chi connectivity index (χ1n) is 7.36. The molecule has 0 bridgehead atoms. The van der Waals surface area contributed by atoms with Gasteiger partial charge in [-0.2, -0.15) is 0 Å². The molecular formula is C15H22N4O3. The van der Waals surface area contributed by atoms with Crippen molar-refractivity contribution in [3.8, 4) is 0 Å². The molecule has 2 amide bonds. The van der Waals surface area contributed by atoms with E-state index in [0.29, 0.717) is 19.5 Å². The molecule has 2 N–H and O–H groups in total. The summed E-state index contributed by atoms with van der Waals surface area (Å²) in [7, 11) is 3.81. The van der Waals surface area contributed by atoms with Gasteiger partial charge in [0.05, 0.1) is 18.2 Å². The fourth-order valence-corrected chi connectivity index (χ4v) is 2.46. The van der Waals surface area contributed by atoms with Gasteiger partial charge in [0, 0.05) is 27.2 Å². The van der Waals surface area contributed by atoms with E-state index < -0.39 is 11.9 Å². The minimum absolute atomic E-state index is 0.233.